The Labute approximate surface area is 108 Å². The van der Waals surface area contributed by atoms with E-state index >= 15 is 0 Å². The zero-order valence-corrected chi connectivity index (χ0v) is 12.8. The fourth-order valence-corrected chi connectivity index (χ4v) is 2.86. The molecule has 1 heteroatoms. The lowest BCUT2D eigenvalue weighted by atomic mass is 10.0. The molecule has 17 heavy (non-hydrogen) atoms. The first kappa shape index (κ1) is 14.2. The van der Waals surface area contributed by atoms with E-state index in [0.717, 1.165) is 0 Å². The van der Waals surface area contributed by atoms with E-state index < -0.39 is 8.07 Å². The zero-order valence-electron chi connectivity index (χ0n) is 11.8. The Morgan fingerprint density at radius 3 is 2.29 bits per heavy atom. The molecule has 0 saturated carbocycles. The van der Waals surface area contributed by atoms with Crippen LogP contribution in [0.25, 0.3) is 5.57 Å². The van der Waals surface area contributed by atoms with Crippen LogP contribution >= 0.6 is 0 Å². The van der Waals surface area contributed by atoms with Crippen molar-refractivity contribution in [1.82, 2.24) is 0 Å². The smallest absolute Gasteiger partial charge is 0.0445 e. The highest BCUT2D eigenvalue weighted by atomic mass is 28.3. The highest BCUT2D eigenvalue weighted by Gasteiger charge is 2.13. The minimum absolute atomic E-state index is 0.933. The Kier molecular flexibility index (Phi) is 5.70. The maximum atomic E-state index is 2.45. The van der Waals surface area contributed by atoms with Crippen LogP contribution in [-0.4, -0.2) is 8.07 Å². The first-order valence-electron chi connectivity index (χ1n) is 6.77. The largest absolute Gasteiger partial charge is 0.0807 e. The predicted octanol–water partition coefficient (Wildman–Crippen LogP) is 5.60. The van der Waals surface area contributed by atoms with Gasteiger partial charge in [-0.25, -0.2) is 0 Å². The van der Waals surface area contributed by atoms with Crippen molar-refractivity contribution < 1.29 is 0 Å². The summed E-state index contributed by atoms with van der Waals surface area (Å²) in [6.07, 6.45) is 6.13. The lowest BCUT2D eigenvalue weighted by Crippen LogP contribution is -2.18. The lowest BCUT2D eigenvalue weighted by Gasteiger charge is -2.17. The summed E-state index contributed by atoms with van der Waals surface area (Å²) in [6.45, 7) is 9.61. The van der Waals surface area contributed by atoms with Crippen molar-refractivity contribution in [2.24, 2.45) is 0 Å². The number of hydrogen-bond acceptors (Lipinski definition) is 0. The average Bonchev–Trinajstić information content (AvgIpc) is 2.29. The van der Waals surface area contributed by atoms with Crippen molar-refractivity contribution >= 4 is 13.6 Å². The molecule has 94 valence electrons. The molecule has 0 unspecified atom stereocenters. The third kappa shape index (κ3) is 5.88. The van der Waals surface area contributed by atoms with Crippen LogP contribution in [-0.2, 0) is 0 Å². The van der Waals surface area contributed by atoms with Crippen LogP contribution < -0.4 is 0 Å². The van der Waals surface area contributed by atoms with Crippen molar-refractivity contribution in [2.45, 2.75) is 51.9 Å². The van der Waals surface area contributed by atoms with E-state index in [4.69, 9.17) is 0 Å². The number of allylic oxidation sites excluding steroid dienone is 2. The fraction of sp³-hybridized carbons (Fsp3) is 0.500. The lowest BCUT2D eigenvalue weighted by molar-refractivity contribution is 0.954. The monoisotopic (exact) mass is 246 g/mol. The topological polar surface area (TPSA) is 0 Å². The SMILES string of the molecule is CCC/C=C(/CC[Si](C)(C)C)c1ccccc1. The molecule has 1 aromatic rings. The summed E-state index contributed by atoms with van der Waals surface area (Å²) in [5.74, 6) is 0. The Morgan fingerprint density at radius 2 is 1.76 bits per heavy atom. The van der Waals surface area contributed by atoms with Gasteiger partial charge in [-0.2, -0.15) is 0 Å². The Balaban J connectivity index is 2.75. The Hall–Kier alpha value is -0.823. The van der Waals surface area contributed by atoms with Crippen molar-refractivity contribution in [3.05, 3.63) is 42.0 Å². The molecule has 0 aromatic heterocycles. The second-order valence-corrected chi connectivity index (χ2v) is 11.6. The summed E-state index contributed by atoms with van der Waals surface area (Å²) >= 11 is 0. The van der Waals surface area contributed by atoms with Crippen LogP contribution in [0.15, 0.2) is 36.4 Å². The van der Waals surface area contributed by atoms with Gasteiger partial charge < -0.3 is 0 Å². The van der Waals surface area contributed by atoms with Gasteiger partial charge in [-0.05, 0) is 24.0 Å². The minimum Gasteiger partial charge on any atom is -0.0807 e. The van der Waals surface area contributed by atoms with Gasteiger partial charge in [-0.3, -0.25) is 0 Å². The minimum atomic E-state index is -0.933. The van der Waals surface area contributed by atoms with Crippen molar-refractivity contribution in [3.63, 3.8) is 0 Å². The summed E-state index contributed by atoms with van der Waals surface area (Å²) < 4.78 is 0. The van der Waals surface area contributed by atoms with Gasteiger partial charge in [-0.15, -0.1) is 0 Å². The van der Waals surface area contributed by atoms with E-state index in [9.17, 15) is 0 Å². The third-order valence-electron chi connectivity index (χ3n) is 2.97. The number of unbranched alkanes of at least 4 members (excludes halogenated alkanes) is 1. The van der Waals surface area contributed by atoms with Crippen LogP contribution in [0, 0.1) is 0 Å². The van der Waals surface area contributed by atoms with Gasteiger partial charge in [0.2, 0.25) is 0 Å². The number of rotatable bonds is 6. The second-order valence-electron chi connectivity index (χ2n) is 5.94. The van der Waals surface area contributed by atoms with Crippen LogP contribution in [0.1, 0.15) is 31.7 Å². The molecule has 0 amide bonds. The normalized spacial score (nSPS) is 12.8. The van der Waals surface area contributed by atoms with Gasteiger partial charge in [0.05, 0.1) is 0 Å². The molecule has 1 aromatic carbocycles. The van der Waals surface area contributed by atoms with E-state index in [1.807, 2.05) is 0 Å². The summed E-state index contributed by atoms with van der Waals surface area (Å²) in [6, 6.07) is 12.3. The van der Waals surface area contributed by atoms with Gasteiger partial charge in [-0.1, -0.05) is 75.4 Å². The van der Waals surface area contributed by atoms with Crippen molar-refractivity contribution in [2.75, 3.05) is 0 Å². The first-order valence-corrected chi connectivity index (χ1v) is 10.5. The summed E-state index contributed by atoms with van der Waals surface area (Å²) in [4.78, 5) is 0. The predicted molar refractivity (Wildman–Crippen MR) is 82.1 cm³/mol. The molecule has 0 heterocycles. The van der Waals surface area contributed by atoms with Crippen LogP contribution in [0.2, 0.25) is 25.7 Å². The molecule has 0 fully saturated rings. The van der Waals surface area contributed by atoms with E-state index in [0.29, 0.717) is 0 Å². The molecular formula is C16H26Si. The Morgan fingerprint density at radius 1 is 1.12 bits per heavy atom. The standard InChI is InChI=1S/C16H26Si/c1-5-6-10-16(13-14-17(2,3)4)15-11-8-7-9-12-15/h7-12H,5-6,13-14H2,1-4H3/b16-10-. The summed E-state index contributed by atoms with van der Waals surface area (Å²) in [5.41, 5.74) is 2.97. The molecule has 0 radical (unpaired) electrons. The second kappa shape index (κ2) is 6.80. The molecule has 1 rings (SSSR count). The van der Waals surface area contributed by atoms with E-state index in [-0.39, 0.29) is 0 Å². The summed E-state index contributed by atoms with van der Waals surface area (Å²) in [7, 11) is -0.933. The third-order valence-corrected chi connectivity index (χ3v) is 4.72. The van der Waals surface area contributed by atoms with Crippen LogP contribution in [0.4, 0.5) is 0 Å². The molecule has 0 aliphatic rings. The maximum absolute atomic E-state index is 2.45. The summed E-state index contributed by atoms with van der Waals surface area (Å²) in [5, 5.41) is 0. The van der Waals surface area contributed by atoms with Crippen LogP contribution in [0.5, 0.6) is 0 Å². The highest BCUT2D eigenvalue weighted by molar-refractivity contribution is 6.76. The zero-order chi connectivity index (χ0) is 12.7. The molecule has 0 atom stereocenters. The van der Waals surface area contributed by atoms with E-state index in [2.05, 4.69) is 63.0 Å². The molecule has 0 N–H and O–H groups in total. The van der Waals surface area contributed by atoms with Crippen LogP contribution in [0.3, 0.4) is 0 Å². The Bertz CT molecular complexity index is 344. The number of benzene rings is 1. The van der Waals surface area contributed by atoms with Gasteiger partial charge >= 0.3 is 0 Å². The van der Waals surface area contributed by atoms with Crippen molar-refractivity contribution in [3.8, 4) is 0 Å². The van der Waals surface area contributed by atoms with Crippen molar-refractivity contribution in [1.29, 1.82) is 0 Å². The molecule has 0 nitrogen and oxygen atoms in total. The van der Waals surface area contributed by atoms with Gasteiger partial charge in [0.1, 0.15) is 0 Å². The maximum Gasteiger partial charge on any atom is 0.0445 e. The van der Waals surface area contributed by atoms with Gasteiger partial charge in [0.25, 0.3) is 0 Å². The number of hydrogen-bond donors (Lipinski definition) is 0. The van der Waals surface area contributed by atoms with E-state index in [1.54, 1.807) is 5.57 Å². The molecule has 0 saturated heterocycles. The molecular weight excluding hydrogens is 220 g/mol. The highest BCUT2D eigenvalue weighted by Crippen LogP contribution is 2.24. The quantitative estimate of drug-likeness (QED) is 0.573. The average molecular weight is 246 g/mol. The first-order chi connectivity index (χ1) is 8.03. The van der Waals surface area contributed by atoms with E-state index in [1.165, 1.54) is 30.9 Å². The van der Waals surface area contributed by atoms with Gasteiger partial charge in [0, 0.05) is 8.07 Å². The van der Waals surface area contributed by atoms with Gasteiger partial charge in [0.15, 0.2) is 0 Å². The molecule has 0 aliphatic heterocycles. The molecule has 0 aliphatic carbocycles. The fourth-order valence-electron chi connectivity index (χ4n) is 1.84. The molecule has 0 spiro atoms. The molecule has 0 bridgehead atoms.